The van der Waals surface area contributed by atoms with E-state index >= 15 is 0 Å². The zero-order valence-corrected chi connectivity index (χ0v) is 12.3. The molecule has 0 bridgehead atoms. The minimum absolute atomic E-state index is 0.0451. The zero-order chi connectivity index (χ0) is 17.0. The number of amidine groups is 1. The van der Waals surface area contributed by atoms with Gasteiger partial charge in [0, 0.05) is 11.3 Å². The van der Waals surface area contributed by atoms with Gasteiger partial charge in [0.25, 0.3) is 0 Å². The first-order valence-electron chi connectivity index (χ1n) is 6.69. The Kier molecular flexibility index (Phi) is 4.80. The number of ether oxygens (including phenoxy) is 1. The van der Waals surface area contributed by atoms with E-state index in [4.69, 9.17) is 15.9 Å². The summed E-state index contributed by atoms with van der Waals surface area (Å²) in [7, 11) is 1.33. The van der Waals surface area contributed by atoms with E-state index in [0.717, 1.165) is 6.07 Å². The molecule has 7 heteroatoms. The molecule has 0 spiro atoms. The lowest BCUT2D eigenvalue weighted by Gasteiger charge is -2.17. The monoisotopic (exact) mass is 317 g/mol. The van der Waals surface area contributed by atoms with Gasteiger partial charge in [-0.1, -0.05) is 6.07 Å². The smallest absolute Gasteiger partial charge is 0.330 e. The molecule has 23 heavy (non-hydrogen) atoms. The summed E-state index contributed by atoms with van der Waals surface area (Å²) < 4.78 is 18.6. The van der Waals surface area contributed by atoms with Crippen LogP contribution in [0.3, 0.4) is 0 Å². The van der Waals surface area contributed by atoms with E-state index < -0.39 is 17.8 Å². The molecular weight excluding hydrogens is 301 g/mol. The fraction of sp³-hybridized carbons (Fsp3) is 0.125. The molecule has 2 rings (SSSR count). The van der Waals surface area contributed by atoms with Crippen molar-refractivity contribution in [2.75, 3.05) is 12.4 Å². The van der Waals surface area contributed by atoms with Crippen LogP contribution in [0.1, 0.15) is 17.2 Å². The Balaban J connectivity index is 2.27. The Morgan fingerprint density at radius 3 is 2.43 bits per heavy atom. The number of anilines is 1. The van der Waals surface area contributed by atoms with E-state index in [9.17, 15) is 14.3 Å². The molecule has 0 amide bonds. The van der Waals surface area contributed by atoms with Crippen molar-refractivity contribution in [1.82, 2.24) is 0 Å². The number of nitrogen functional groups attached to an aromatic ring is 1. The molecule has 0 radical (unpaired) electrons. The van der Waals surface area contributed by atoms with E-state index in [1.807, 2.05) is 0 Å². The summed E-state index contributed by atoms with van der Waals surface area (Å²) in [5, 5.41) is 19.5. The van der Waals surface area contributed by atoms with Gasteiger partial charge in [-0.3, -0.25) is 5.41 Å². The maximum atomic E-state index is 13.8. The SMILES string of the molecule is COc1ccc(C(Nc2ccc(C(=N)N)cc2)C(=O)O)cc1F. The van der Waals surface area contributed by atoms with Crippen LogP contribution in [0, 0.1) is 11.2 Å². The molecular formula is C16H16FN3O3. The molecule has 0 saturated heterocycles. The van der Waals surface area contributed by atoms with Crippen LogP contribution in [-0.2, 0) is 4.79 Å². The summed E-state index contributed by atoms with van der Waals surface area (Å²) in [6.07, 6.45) is 0. The highest BCUT2D eigenvalue weighted by Gasteiger charge is 2.21. The number of carboxylic acid groups (broad SMARTS) is 1. The molecule has 120 valence electrons. The summed E-state index contributed by atoms with van der Waals surface area (Å²) in [6, 6.07) is 9.25. The first-order valence-corrected chi connectivity index (χ1v) is 6.69. The Hall–Kier alpha value is -3.09. The second-order valence-corrected chi connectivity index (χ2v) is 4.80. The number of rotatable bonds is 6. The van der Waals surface area contributed by atoms with Crippen LogP contribution in [0.2, 0.25) is 0 Å². The molecule has 5 N–H and O–H groups in total. The van der Waals surface area contributed by atoms with Crippen LogP contribution < -0.4 is 15.8 Å². The number of halogens is 1. The fourth-order valence-corrected chi connectivity index (χ4v) is 2.06. The maximum Gasteiger partial charge on any atom is 0.330 e. The molecule has 0 aliphatic rings. The van der Waals surface area contributed by atoms with E-state index in [1.54, 1.807) is 24.3 Å². The summed E-state index contributed by atoms with van der Waals surface area (Å²) in [6.45, 7) is 0. The molecule has 2 aromatic rings. The van der Waals surface area contributed by atoms with Crippen molar-refractivity contribution in [3.05, 3.63) is 59.4 Å². The number of hydrogen-bond acceptors (Lipinski definition) is 4. The van der Waals surface area contributed by atoms with Gasteiger partial charge in [-0.25, -0.2) is 9.18 Å². The van der Waals surface area contributed by atoms with Crippen LogP contribution in [-0.4, -0.2) is 24.0 Å². The highest BCUT2D eigenvalue weighted by molar-refractivity contribution is 5.95. The number of nitrogens with one attached hydrogen (secondary N) is 2. The third kappa shape index (κ3) is 3.76. The third-order valence-corrected chi connectivity index (χ3v) is 3.26. The number of methoxy groups -OCH3 is 1. The zero-order valence-electron chi connectivity index (χ0n) is 12.3. The van der Waals surface area contributed by atoms with Gasteiger partial charge in [0.1, 0.15) is 5.84 Å². The molecule has 6 nitrogen and oxygen atoms in total. The van der Waals surface area contributed by atoms with Gasteiger partial charge >= 0.3 is 5.97 Å². The highest BCUT2D eigenvalue weighted by Crippen LogP contribution is 2.25. The molecule has 0 aromatic heterocycles. The maximum absolute atomic E-state index is 13.8. The van der Waals surface area contributed by atoms with Gasteiger partial charge < -0.3 is 20.9 Å². The Bertz CT molecular complexity index is 732. The molecule has 1 unspecified atom stereocenters. The first kappa shape index (κ1) is 16.3. The lowest BCUT2D eigenvalue weighted by molar-refractivity contribution is -0.138. The summed E-state index contributed by atoms with van der Waals surface area (Å²) in [5.41, 5.74) is 6.66. The van der Waals surface area contributed by atoms with Crippen molar-refractivity contribution in [2.24, 2.45) is 5.73 Å². The van der Waals surface area contributed by atoms with Gasteiger partial charge in [-0.05, 0) is 42.0 Å². The summed E-state index contributed by atoms with van der Waals surface area (Å²) in [4.78, 5) is 11.5. The van der Waals surface area contributed by atoms with Gasteiger partial charge in [-0.15, -0.1) is 0 Å². The average molecular weight is 317 g/mol. The van der Waals surface area contributed by atoms with Crippen molar-refractivity contribution in [3.8, 4) is 5.75 Å². The van der Waals surface area contributed by atoms with E-state index in [2.05, 4.69) is 5.32 Å². The van der Waals surface area contributed by atoms with Crippen molar-refractivity contribution >= 4 is 17.5 Å². The summed E-state index contributed by atoms with van der Waals surface area (Å²) in [5.74, 6) is -1.82. The molecule has 2 aromatic carbocycles. The quantitative estimate of drug-likeness (QED) is 0.483. The van der Waals surface area contributed by atoms with Crippen LogP contribution in [0.5, 0.6) is 5.75 Å². The van der Waals surface area contributed by atoms with E-state index in [0.29, 0.717) is 11.3 Å². The minimum Gasteiger partial charge on any atom is -0.494 e. The second-order valence-electron chi connectivity index (χ2n) is 4.80. The summed E-state index contributed by atoms with van der Waals surface area (Å²) >= 11 is 0. The Labute approximate surface area is 132 Å². The number of benzene rings is 2. The minimum atomic E-state index is -1.15. The molecule has 0 aliphatic carbocycles. The van der Waals surface area contributed by atoms with Crippen LogP contribution in [0.25, 0.3) is 0 Å². The van der Waals surface area contributed by atoms with E-state index in [-0.39, 0.29) is 17.1 Å². The predicted octanol–water partition coefficient (Wildman–Crippen LogP) is 2.36. The Morgan fingerprint density at radius 2 is 1.96 bits per heavy atom. The van der Waals surface area contributed by atoms with Gasteiger partial charge in [0.15, 0.2) is 17.6 Å². The van der Waals surface area contributed by atoms with Gasteiger partial charge in [0.2, 0.25) is 0 Å². The lowest BCUT2D eigenvalue weighted by Crippen LogP contribution is -2.21. The van der Waals surface area contributed by atoms with Gasteiger partial charge in [0.05, 0.1) is 7.11 Å². The second kappa shape index (κ2) is 6.78. The number of aliphatic carboxylic acids is 1. The van der Waals surface area contributed by atoms with Crippen molar-refractivity contribution < 1.29 is 19.0 Å². The number of nitrogens with two attached hydrogens (primary N) is 1. The number of carboxylic acids is 1. The largest absolute Gasteiger partial charge is 0.494 e. The highest BCUT2D eigenvalue weighted by atomic mass is 19.1. The molecule has 0 heterocycles. The standard InChI is InChI=1S/C16H16FN3O3/c1-23-13-7-4-10(8-12(13)17)14(16(21)22)20-11-5-2-9(3-6-11)15(18)19/h2-8,14,20H,1H3,(H3,18,19)(H,21,22). The molecule has 1 atom stereocenters. The van der Waals surface area contributed by atoms with Crippen LogP contribution in [0.15, 0.2) is 42.5 Å². The van der Waals surface area contributed by atoms with Crippen LogP contribution >= 0.6 is 0 Å². The van der Waals surface area contributed by atoms with Crippen molar-refractivity contribution in [2.45, 2.75) is 6.04 Å². The number of carbonyl (C=O) groups is 1. The molecule has 0 fully saturated rings. The predicted molar refractivity (Wildman–Crippen MR) is 84.4 cm³/mol. The normalized spacial score (nSPS) is 11.6. The molecule has 0 aliphatic heterocycles. The Morgan fingerprint density at radius 1 is 1.30 bits per heavy atom. The van der Waals surface area contributed by atoms with Crippen molar-refractivity contribution in [1.29, 1.82) is 5.41 Å². The van der Waals surface area contributed by atoms with Gasteiger partial charge in [-0.2, -0.15) is 0 Å². The van der Waals surface area contributed by atoms with Crippen LogP contribution in [0.4, 0.5) is 10.1 Å². The fourth-order valence-electron chi connectivity index (χ4n) is 2.06. The topological polar surface area (TPSA) is 108 Å². The lowest BCUT2D eigenvalue weighted by atomic mass is 10.1. The molecule has 0 saturated carbocycles. The van der Waals surface area contributed by atoms with Crippen molar-refractivity contribution in [3.63, 3.8) is 0 Å². The van der Waals surface area contributed by atoms with E-state index in [1.165, 1.54) is 19.2 Å². The number of hydrogen-bond donors (Lipinski definition) is 4. The average Bonchev–Trinajstić information content (AvgIpc) is 2.52. The third-order valence-electron chi connectivity index (χ3n) is 3.26. The first-order chi connectivity index (χ1) is 10.9.